The molecule has 0 bridgehead atoms. The van der Waals surface area contributed by atoms with Crippen LogP contribution in [-0.4, -0.2) is 50.6 Å². The van der Waals surface area contributed by atoms with Gasteiger partial charge in [0.1, 0.15) is 18.2 Å². The highest BCUT2D eigenvalue weighted by atomic mass is 16.5. The highest BCUT2D eigenvalue weighted by Crippen LogP contribution is 2.32. The van der Waals surface area contributed by atoms with Crippen LogP contribution in [0.25, 0.3) is 11.1 Å². The van der Waals surface area contributed by atoms with Crippen LogP contribution in [-0.2, 0) is 13.7 Å². The van der Waals surface area contributed by atoms with Crippen molar-refractivity contribution in [3.63, 3.8) is 0 Å². The molecule has 2 amide bonds. The Morgan fingerprint density at radius 2 is 1.64 bits per heavy atom. The van der Waals surface area contributed by atoms with Crippen LogP contribution in [0.3, 0.4) is 0 Å². The van der Waals surface area contributed by atoms with Gasteiger partial charge in [-0.25, -0.2) is 4.98 Å². The number of aromatic nitrogens is 3. The molecule has 5 aromatic rings. The molecule has 2 aromatic heterocycles. The van der Waals surface area contributed by atoms with Gasteiger partial charge < -0.3 is 20.3 Å². The zero-order chi connectivity index (χ0) is 32.8. The van der Waals surface area contributed by atoms with Crippen LogP contribution in [0.5, 0.6) is 5.75 Å². The molecule has 0 unspecified atom stereocenters. The zero-order valence-corrected chi connectivity index (χ0v) is 27.0. The monoisotopic (exact) mass is 628 g/mol. The summed E-state index contributed by atoms with van der Waals surface area (Å²) < 4.78 is 7.94. The third-order valence-corrected chi connectivity index (χ3v) is 8.38. The molecule has 1 aliphatic heterocycles. The number of carbonyl (C=O) groups is 2. The summed E-state index contributed by atoms with van der Waals surface area (Å²) in [7, 11) is 1.92. The molecular formula is C38H40N6O3. The van der Waals surface area contributed by atoms with Crippen molar-refractivity contribution in [1.82, 2.24) is 19.7 Å². The Labute approximate surface area is 275 Å². The second-order valence-electron chi connectivity index (χ2n) is 12.3. The van der Waals surface area contributed by atoms with Crippen LogP contribution >= 0.6 is 0 Å². The molecule has 3 heterocycles. The van der Waals surface area contributed by atoms with Gasteiger partial charge in [-0.15, -0.1) is 0 Å². The van der Waals surface area contributed by atoms with Crippen LogP contribution in [0, 0.1) is 0 Å². The van der Waals surface area contributed by atoms with Gasteiger partial charge >= 0.3 is 0 Å². The standard InChI is InChI=1S/C38H40N6O3/c1-26(2)41-36-16-14-32(22-39-36)37(45)42-34-21-31(13-15-35(34)47-25-27-7-5-4-6-8-27)38(46)44-19-17-30(18-20-44)28-9-11-29(12-10-28)33-23-40-43(3)24-33/h4-16,21-24,26,30H,17-20,25H2,1-3H3,(H,39,41)(H,42,45). The number of hydrogen-bond acceptors (Lipinski definition) is 6. The first-order chi connectivity index (χ1) is 22.8. The Bertz CT molecular complexity index is 1810. The molecule has 0 radical (unpaired) electrons. The second kappa shape index (κ2) is 14.3. The Morgan fingerprint density at radius 3 is 2.30 bits per heavy atom. The molecule has 240 valence electrons. The topological polar surface area (TPSA) is 101 Å². The van der Waals surface area contributed by atoms with E-state index < -0.39 is 0 Å². The van der Waals surface area contributed by atoms with Crippen molar-refractivity contribution in [2.24, 2.45) is 7.05 Å². The Hall–Kier alpha value is -5.44. The molecule has 1 saturated heterocycles. The number of hydrogen-bond donors (Lipinski definition) is 2. The maximum absolute atomic E-state index is 13.7. The number of amides is 2. The van der Waals surface area contributed by atoms with E-state index in [1.807, 2.05) is 68.5 Å². The number of rotatable bonds is 10. The van der Waals surface area contributed by atoms with Crippen LogP contribution in [0.1, 0.15) is 64.4 Å². The fourth-order valence-electron chi connectivity index (χ4n) is 5.84. The Kier molecular flexibility index (Phi) is 9.61. The third-order valence-electron chi connectivity index (χ3n) is 8.38. The number of nitrogens with one attached hydrogen (secondary N) is 2. The van der Waals surface area contributed by atoms with E-state index in [2.05, 4.69) is 45.0 Å². The van der Waals surface area contributed by atoms with Gasteiger partial charge in [0.25, 0.3) is 11.8 Å². The molecule has 0 saturated carbocycles. The molecule has 6 rings (SSSR count). The van der Waals surface area contributed by atoms with Crippen LogP contribution in [0.2, 0.25) is 0 Å². The van der Waals surface area contributed by atoms with Gasteiger partial charge in [0, 0.05) is 49.7 Å². The first-order valence-corrected chi connectivity index (χ1v) is 16.1. The van der Waals surface area contributed by atoms with Crippen molar-refractivity contribution >= 4 is 23.3 Å². The minimum atomic E-state index is -0.335. The van der Waals surface area contributed by atoms with Gasteiger partial charge in [-0.2, -0.15) is 5.10 Å². The SMILES string of the molecule is CC(C)Nc1ccc(C(=O)Nc2cc(C(=O)N3CCC(c4ccc(-c5cnn(C)c5)cc4)CC3)ccc2OCc2ccccc2)cn1. The average molecular weight is 629 g/mol. The van der Waals surface area contributed by atoms with E-state index in [4.69, 9.17) is 4.74 Å². The summed E-state index contributed by atoms with van der Waals surface area (Å²) in [6.45, 7) is 5.69. The lowest BCUT2D eigenvalue weighted by Gasteiger charge is -2.32. The fraction of sp³-hybridized carbons (Fsp3) is 0.263. The lowest BCUT2D eigenvalue weighted by Crippen LogP contribution is -2.38. The lowest BCUT2D eigenvalue weighted by atomic mass is 9.88. The minimum Gasteiger partial charge on any atom is -0.487 e. The molecular weight excluding hydrogens is 588 g/mol. The first-order valence-electron chi connectivity index (χ1n) is 16.1. The summed E-state index contributed by atoms with van der Waals surface area (Å²) in [5.74, 6) is 1.17. The summed E-state index contributed by atoms with van der Waals surface area (Å²) in [5, 5.41) is 10.5. The average Bonchev–Trinajstić information content (AvgIpc) is 3.54. The summed E-state index contributed by atoms with van der Waals surface area (Å²) >= 11 is 0. The number of pyridine rings is 1. The van der Waals surface area contributed by atoms with E-state index in [1.54, 1.807) is 35.0 Å². The molecule has 47 heavy (non-hydrogen) atoms. The van der Waals surface area contributed by atoms with E-state index in [9.17, 15) is 9.59 Å². The van der Waals surface area contributed by atoms with E-state index in [1.165, 1.54) is 11.8 Å². The van der Waals surface area contributed by atoms with Crippen molar-refractivity contribution in [2.45, 2.75) is 45.3 Å². The van der Waals surface area contributed by atoms with Gasteiger partial charge in [0.2, 0.25) is 0 Å². The molecule has 0 aliphatic carbocycles. The van der Waals surface area contributed by atoms with Crippen molar-refractivity contribution in [1.29, 1.82) is 0 Å². The van der Waals surface area contributed by atoms with Gasteiger partial charge in [-0.05, 0) is 79.6 Å². The number of nitrogens with zero attached hydrogens (tertiary/aromatic N) is 4. The summed E-state index contributed by atoms with van der Waals surface area (Å²) in [4.78, 5) is 33.3. The van der Waals surface area contributed by atoms with E-state index in [0.717, 1.165) is 29.5 Å². The number of ether oxygens (including phenoxy) is 1. The highest BCUT2D eigenvalue weighted by molar-refractivity contribution is 6.06. The quantitative estimate of drug-likeness (QED) is 0.170. The summed E-state index contributed by atoms with van der Waals surface area (Å²) in [6, 6.07) is 27.5. The normalized spacial score (nSPS) is 13.4. The van der Waals surface area contributed by atoms with Gasteiger partial charge in [-0.3, -0.25) is 14.3 Å². The van der Waals surface area contributed by atoms with Gasteiger partial charge in [-0.1, -0.05) is 54.6 Å². The Morgan fingerprint density at radius 1 is 0.894 bits per heavy atom. The number of carbonyl (C=O) groups excluding carboxylic acids is 2. The molecule has 0 atom stereocenters. The minimum absolute atomic E-state index is 0.0636. The third kappa shape index (κ3) is 7.87. The number of piperidine rings is 1. The predicted molar refractivity (Wildman–Crippen MR) is 185 cm³/mol. The molecule has 9 nitrogen and oxygen atoms in total. The zero-order valence-electron chi connectivity index (χ0n) is 27.0. The summed E-state index contributed by atoms with van der Waals surface area (Å²) in [6.07, 6.45) is 7.19. The van der Waals surface area contributed by atoms with Crippen molar-refractivity contribution in [3.05, 3.63) is 126 Å². The van der Waals surface area contributed by atoms with E-state index in [-0.39, 0.29) is 17.9 Å². The van der Waals surface area contributed by atoms with Crippen molar-refractivity contribution < 1.29 is 14.3 Å². The van der Waals surface area contributed by atoms with Crippen molar-refractivity contribution in [3.8, 4) is 16.9 Å². The number of likely N-dealkylation sites (tertiary alicyclic amines) is 1. The number of benzene rings is 3. The largest absolute Gasteiger partial charge is 0.487 e. The number of aryl methyl sites for hydroxylation is 1. The first kappa shape index (κ1) is 31.5. The van der Waals surface area contributed by atoms with Crippen molar-refractivity contribution in [2.75, 3.05) is 23.7 Å². The van der Waals surface area contributed by atoms with Crippen LogP contribution < -0.4 is 15.4 Å². The molecule has 1 fully saturated rings. The molecule has 3 aromatic carbocycles. The molecule has 9 heteroatoms. The second-order valence-corrected chi connectivity index (χ2v) is 12.3. The van der Waals surface area contributed by atoms with Gasteiger partial charge in [0.15, 0.2) is 0 Å². The van der Waals surface area contributed by atoms with E-state index in [0.29, 0.717) is 54.0 Å². The maximum Gasteiger partial charge on any atom is 0.257 e. The van der Waals surface area contributed by atoms with Crippen LogP contribution in [0.4, 0.5) is 11.5 Å². The smallest absolute Gasteiger partial charge is 0.257 e. The summed E-state index contributed by atoms with van der Waals surface area (Å²) in [5.41, 5.74) is 5.87. The highest BCUT2D eigenvalue weighted by Gasteiger charge is 2.26. The lowest BCUT2D eigenvalue weighted by molar-refractivity contribution is 0.0712. The van der Waals surface area contributed by atoms with Gasteiger partial charge in [0.05, 0.1) is 17.4 Å². The number of anilines is 2. The predicted octanol–water partition coefficient (Wildman–Crippen LogP) is 7.15. The maximum atomic E-state index is 13.7. The molecule has 1 aliphatic rings. The molecule has 2 N–H and O–H groups in total. The molecule has 0 spiro atoms. The van der Waals surface area contributed by atoms with E-state index >= 15 is 0 Å². The van der Waals surface area contributed by atoms with Crippen LogP contribution in [0.15, 0.2) is 104 Å². The fourth-order valence-corrected chi connectivity index (χ4v) is 5.84. The Balaban J connectivity index is 1.14.